The van der Waals surface area contributed by atoms with E-state index in [2.05, 4.69) is 12.1 Å². The largest absolute Gasteiger partial charge is 0.377 e. The van der Waals surface area contributed by atoms with Gasteiger partial charge in [-0.25, -0.2) is 0 Å². The lowest BCUT2D eigenvalue weighted by Gasteiger charge is -2.31. The van der Waals surface area contributed by atoms with Crippen LogP contribution in [0.25, 0.3) is 0 Å². The first-order valence-corrected chi connectivity index (χ1v) is 6.89. The van der Waals surface area contributed by atoms with E-state index in [1.807, 2.05) is 23.1 Å². The number of hydrogen-bond acceptors (Lipinski definition) is 3. The molecule has 3 rings (SSSR count). The third kappa shape index (κ3) is 2.96. The Morgan fingerprint density at radius 1 is 1.32 bits per heavy atom. The molecule has 4 heteroatoms. The van der Waals surface area contributed by atoms with Crippen molar-refractivity contribution in [3.8, 4) is 0 Å². The van der Waals surface area contributed by atoms with Gasteiger partial charge in [-0.05, 0) is 18.4 Å². The molecule has 19 heavy (non-hydrogen) atoms. The first-order chi connectivity index (χ1) is 9.33. The van der Waals surface area contributed by atoms with E-state index in [1.165, 1.54) is 5.56 Å². The van der Waals surface area contributed by atoms with Crippen molar-refractivity contribution in [1.29, 1.82) is 0 Å². The van der Waals surface area contributed by atoms with Crippen LogP contribution >= 0.6 is 0 Å². The highest BCUT2D eigenvalue weighted by Crippen LogP contribution is 2.30. The Labute approximate surface area is 113 Å². The molecule has 2 saturated heterocycles. The van der Waals surface area contributed by atoms with Crippen molar-refractivity contribution in [2.24, 2.45) is 0 Å². The van der Waals surface area contributed by atoms with Crippen molar-refractivity contribution in [2.45, 2.75) is 38.2 Å². The quantitative estimate of drug-likeness (QED) is 0.580. The van der Waals surface area contributed by atoms with Gasteiger partial charge in [0.25, 0.3) is 0 Å². The van der Waals surface area contributed by atoms with E-state index in [4.69, 9.17) is 9.47 Å². The maximum absolute atomic E-state index is 11.2. The number of fused-ring (bicyclic) bond motifs is 1. The van der Waals surface area contributed by atoms with Gasteiger partial charge in [-0.3, -0.25) is 4.79 Å². The Hall–Kier alpha value is -1.39. The molecule has 0 N–H and O–H groups in total. The fourth-order valence-corrected chi connectivity index (χ4v) is 2.59. The van der Waals surface area contributed by atoms with Crippen molar-refractivity contribution in [3.05, 3.63) is 35.9 Å². The number of carbonyl (C=O) groups excluding carboxylic acids is 1. The predicted molar refractivity (Wildman–Crippen MR) is 70.3 cm³/mol. The SMILES string of the molecule is O=C1C[C@@H]2O[C@@H](CCCOCc3ccccc3)CN12. The van der Waals surface area contributed by atoms with Crippen molar-refractivity contribution in [1.82, 2.24) is 4.90 Å². The minimum Gasteiger partial charge on any atom is -0.377 e. The van der Waals surface area contributed by atoms with Gasteiger partial charge in [-0.2, -0.15) is 0 Å². The Bertz CT molecular complexity index is 434. The molecule has 0 aromatic heterocycles. The highest BCUT2D eigenvalue weighted by atomic mass is 16.5. The molecule has 2 atom stereocenters. The zero-order chi connectivity index (χ0) is 13.1. The second-order valence-corrected chi connectivity index (χ2v) is 5.14. The van der Waals surface area contributed by atoms with E-state index in [-0.39, 0.29) is 18.2 Å². The minimum absolute atomic E-state index is 0.0720. The van der Waals surface area contributed by atoms with Gasteiger partial charge in [0.1, 0.15) is 6.23 Å². The highest BCUT2D eigenvalue weighted by Gasteiger charge is 2.44. The molecule has 0 saturated carbocycles. The molecule has 2 heterocycles. The number of nitrogens with zero attached hydrogens (tertiary/aromatic N) is 1. The average Bonchev–Trinajstić information content (AvgIpc) is 2.76. The lowest BCUT2D eigenvalue weighted by Crippen LogP contribution is -2.48. The fraction of sp³-hybridized carbons (Fsp3) is 0.533. The van der Waals surface area contributed by atoms with E-state index < -0.39 is 0 Å². The molecular weight excluding hydrogens is 242 g/mol. The topological polar surface area (TPSA) is 38.8 Å². The van der Waals surface area contributed by atoms with Crippen molar-refractivity contribution < 1.29 is 14.3 Å². The smallest absolute Gasteiger partial charge is 0.229 e. The molecule has 0 unspecified atom stereocenters. The van der Waals surface area contributed by atoms with E-state index in [1.54, 1.807) is 0 Å². The van der Waals surface area contributed by atoms with Crippen LogP contribution < -0.4 is 0 Å². The van der Waals surface area contributed by atoms with Gasteiger partial charge in [0.15, 0.2) is 0 Å². The Morgan fingerprint density at radius 2 is 2.16 bits per heavy atom. The summed E-state index contributed by atoms with van der Waals surface area (Å²) in [5, 5.41) is 0. The molecule has 2 aliphatic heterocycles. The van der Waals surface area contributed by atoms with Crippen LogP contribution in [0.4, 0.5) is 0 Å². The van der Waals surface area contributed by atoms with Crippen molar-refractivity contribution >= 4 is 5.91 Å². The van der Waals surface area contributed by atoms with E-state index in [9.17, 15) is 4.79 Å². The molecule has 2 fully saturated rings. The number of ether oxygens (including phenoxy) is 2. The van der Waals surface area contributed by atoms with Gasteiger partial charge >= 0.3 is 0 Å². The predicted octanol–water partition coefficient (Wildman–Crippen LogP) is 1.94. The van der Waals surface area contributed by atoms with Crippen LogP contribution in [-0.4, -0.2) is 36.3 Å². The summed E-state index contributed by atoms with van der Waals surface area (Å²) in [6.07, 6.45) is 2.79. The van der Waals surface area contributed by atoms with Gasteiger partial charge in [0.2, 0.25) is 5.91 Å². The standard InChI is InChI=1S/C15H19NO3/c17-14-9-15-16(14)10-13(19-15)7-4-8-18-11-12-5-2-1-3-6-12/h1-3,5-6,13,15H,4,7-11H2/t13-,15-/m0/s1. The summed E-state index contributed by atoms with van der Waals surface area (Å²) < 4.78 is 11.4. The van der Waals surface area contributed by atoms with Crippen LogP contribution in [0.5, 0.6) is 0 Å². The van der Waals surface area contributed by atoms with Crippen LogP contribution in [0, 0.1) is 0 Å². The molecule has 0 aliphatic carbocycles. The minimum atomic E-state index is 0.0720. The molecule has 1 aromatic rings. The van der Waals surface area contributed by atoms with Gasteiger partial charge in [0, 0.05) is 13.2 Å². The summed E-state index contributed by atoms with van der Waals surface area (Å²) in [6.45, 7) is 2.18. The van der Waals surface area contributed by atoms with Crippen molar-refractivity contribution in [3.63, 3.8) is 0 Å². The molecule has 2 aliphatic rings. The van der Waals surface area contributed by atoms with Gasteiger partial charge in [0.05, 0.1) is 19.1 Å². The maximum atomic E-state index is 11.2. The van der Waals surface area contributed by atoms with Crippen LogP contribution in [-0.2, 0) is 20.9 Å². The molecule has 0 radical (unpaired) electrons. The maximum Gasteiger partial charge on any atom is 0.229 e. The second kappa shape index (κ2) is 5.72. The summed E-state index contributed by atoms with van der Waals surface area (Å²) in [5.74, 6) is 0.229. The normalized spacial score (nSPS) is 25.3. The highest BCUT2D eigenvalue weighted by molar-refractivity contribution is 5.82. The number of amides is 1. The van der Waals surface area contributed by atoms with Crippen LogP contribution in [0.2, 0.25) is 0 Å². The third-order valence-corrected chi connectivity index (χ3v) is 3.69. The fourth-order valence-electron chi connectivity index (χ4n) is 2.59. The molecule has 102 valence electrons. The molecule has 0 bridgehead atoms. The van der Waals surface area contributed by atoms with E-state index in [0.29, 0.717) is 13.0 Å². The summed E-state index contributed by atoms with van der Waals surface area (Å²) in [7, 11) is 0. The number of rotatable bonds is 6. The number of carbonyl (C=O) groups is 1. The lowest BCUT2D eigenvalue weighted by atomic mass is 10.1. The first kappa shape index (κ1) is 12.6. The Balaban J connectivity index is 1.29. The average molecular weight is 261 g/mol. The summed E-state index contributed by atoms with van der Waals surface area (Å²) in [6, 6.07) is 10.2. The third-order valence-electron chi connectivity index (χ3n) is 3.69. The van der Waals surface area contributed by atoms with Gasteiger partial charge in [-0.1, -0.05) is 30.3 Å². The zero-order valence-corrected chi connectivity index (χ0v) is 11.0. The van der Waals surface area contributed by atoms with Crippen molar-refractivity contribution in [2.75, 3.05) is 13.2 Å². The number of β-lactam (4-membered cyclic amide) rings is 1. The summed E-state index contributed by atoms with van der Waals surface area (Å²) in [4.78, 5) is 13.0. The molecule has 4 nitrogen and oxygen atoms in total. The zero-order valence-electron chi connectivity index (χ0n) is 11.0. The second-order valence-electron chi connectivity index (χ2n) is 5.14. The van der Waals surface area contributed by atoms with Gasteiger partial charge < -0.3 is 14.4 Å². The summed E-state index contributed by atoms with van der Waals surface area (Å²) >= 11 is 0. The van der Waals surface area contributed by atoms with Crippen LogP contribution in [0.1, 0.15) is 24.8 Å². The van der Waals surface area contributed by atoms with Crippen LogP contribution in [0.3, 0.4) is 0 Å². The Kier molecular flexibility index (Phi) is 3.80. The van der Waals surface area contributed by atoms with E-state index >= 15 is 0 Å². The van der Waals surface area contributed by atoms with Gasteiger partial charge in [-0.15, -0.1) is 0 Å². The van der Waals surface area contributed by atoms with Crippen LogP contribution in [0.15, 0.2) is 30.3 Å². The molecular formula is C15H19NO3. The molecule has 1 aromatic carbocycles. The first-order valence-electron chi connectivity index (χ1n) is 6.89. The number of benzene rings is 1. The molecule has 0 spiro atoms. The lowest BCUT2D eigenvalue weighted by molar-refractivity contribution is -0.156. The Morgan fingerprint density at radius 3 is 2.89 bits per heavy atom. The summed E-state index contributed by atoms with van der Waals surface area (Å²) in [5.41, 5.74) is 1.20. The monoisotopic (exact) mass is 261 g/mol. The van der Waals surface area contributed by atoms with E-state index in [0.717, 1.165) is 26.0 Å². The molecule has 1 amide bonds. The number of hydrogen-bond donors (Lipinski definition) is 0.